The van der Waals surface area contributed by atoms with Gasteiger partial charge in [0.2, 0.25) is 11.8 Å². The van der Waals surface area contributed by atoms with Gasteiger partial charge in [-0.25, -0.2) is 0 Å². The summed E-state index contributed by atoms with van der Waals surface area (Å²) in [5.41, 5.74) is 0.825. The van der Waals surface area contributed by atoms with Gasteiger partial charge in [0.15, 0.2) is 0 Å². The van der Waals surface area contributed by atoms with Crippen molar-refractivity contribution in [2.24, 2.45) is 0 Å². The second-order valence-corrected chi connectivity index (χ2v) is 9.00. The van der Waals surface area contributed by atoms with Crippen molar-refractivity contribution in [1.82, 2.24) is 10.2 Å². The number of nitrogens with zero attached hydrogens (tertiary/aromatic N) is 1. The number of hydrogen-bond donors (Lipinski definition) is 1. The van der Waals surface area contributed by atoms with E-state index in [0.29, 0.717) is 35.3 Å². The molecule has 1 atom stereocenters. The summed E-state index contributed by atoms with van der Waals surface area (Å²) in [6.07, 6.45) is 2.23. The zero-order valence-corrected chi connectivity index (χ0v) is 19.7. The minimum absolute atomic E-state index is 0.0745. The number of rotatable bonds is 11. The number of carbonyl (C=O) groups excluding carboxylic acids is 2. The normalized spacial score (nSPS) is 11.7. The van der Waals surface area contributed by atoms with E-state index >= 15 is 0 Å². The third-order valence-electron chi connectivity index (χ3n) is 4.69. The number of benzene rings is 2. The number of thioether (sulfide) groups is 1. The Labute approximate surface area is 193 Å². The first kappa shape index (κ1) is 24.6. The molecule has 162 valence electrons. The van der Waals surface area contributed by atoms with E-state index in [9.17, 15) is 9.59 Å². The smallest absolute Gasteiger partial charge is 0.242 e. The van der Waals surface area contributed by atoms with Crippen molar-refractivity contribution in [3.8, 4) is 0 Å². The van der Waals surface area contributed by atoms with E-state index in [0.717, 1.165) is 23.3 Å². The van der Waals surface area contributed by atoms with Crippen LogP contribution in [0.25, 0.3) is 0 Å². The van der Waals surface area contributed by atoms with Crippen LogP contribution in [0, 0.1) is 0 Å². The first-order valence-electron chi connectivity index (χ1n) is 10.1. The van der Waals surface area contributed by atoms with Crippen molar-refractivity contribution in [2.45, 2.75) is 50.6 Å². The fraction of sp³-hybridized carbons (Fsp3) is 0.391. The van der Waals surface area contributed by atoms with Gasteiger partial charge in [-0.15, -0.1) is 11.8 Å². The third-order valence-corrected chi connectivity index (χ3v) is 6.33. The lowest BCUT2D eigenvalue weighted by molar-refractivity contribution is -0.140. The van der Waals surface area contributed by atoms with Crippen LogP contribution in [0.2, 0.25) is 10.0 Å². The Morgan fingerprint density at radius 1 is 1.10 bits per heavy atom. The maximum Gasteiger partial charge on any atom is 0.242 e. The topological polar surface area (TPSA) is 49.4 Å². The lowest BCUT2D eigenvalue weighted by Crippen LogP contribution is -2.47. The summed E-state index contributed by atoms with van der Waals surface area (Å²) < 4.78 is 0. The van der Waals surface area contributed by atoms with E-state index in [4.69, 9.17) is 23.2 Å². The molecule has 2 aromatic rings. The molecular weight excluding hydrogens is 439 g/mol. The molecule has 0 radical (unpaired) electrons. The summed E-state index contributed by atoms with van der Waals surface area (Å²) >= 11 is 13.8. The van der Waals surface area contributed by atoms with Gasteiger partial charge < -0.3 is 10.2 Å². The van der Waals surface area contributed by atoms with Gasteiger partial charge in [-0.2, -0.15) is 0 Å². The van der Waals surface area contributed by atoms with E-state index < -0.39 is 6.04 Å². The number of amides is 2. The Morgan fingerprint density at radius 2 is 1.80 bits per heavy atom. The predicted molar refractivity (Wildman–Crippen MR) is 126 cm³/mol. The Kier molecular flexibility index (Phi) is 10.6. The van der Waals surface area contributed by atoms with E-state index in [2.05, 4.69) is 12.2 Å². The Hall–Kier alpha value is -1.69. The van der Waals surface area contributed by atoms with Crippen molar-refractivity contribution < 1.29 is 9.59 Å². The first-order chi connectivity index (χ1) is 14.4. The van der Waals surface area contributed by atoms with Gasteiger partial charge in [0.1, 0.15) is 6.04 Å². The molecule has 2 rings (SSSR count). The van der Waals surface area contributed by atoms with Gasteiger partial charge in [-0.3, -0.25) is 9.59 Å². The number of halogens is 2. The van der Waals surface area contributed by atoms with Crippen molar-refractivity contribution >= 4 is 46.8 Å². The molecule has 30 heavy (non-hydrogen) atoms. The number of carbonyl (C=O) groups is 2. The van der Waals surface area contributed by atoms with Crippen LogP contribution in [0.5, 0.6) is 0 Å². The van der Waals surface area contributed by atoms with Gasteiger partial charge in [-0.1, -0.05) is 54.7 Å². The summed E-state index contributed by atoms with van der Waals surface area (Å²) in [7, 11) is 0. The first-order valence-corrected chi connectivity index (χ1v) is 11.9. The molecule has 0 aliphatic carbocycles. The molecule has 0 aliphatic rings. The Bertz CT molecular complexity index is 830. The lowest BCUT2D eigenvalue weighted by atomic mass is 10.1. The van der Waals surface area contributed by atoms with Crippen LogP contribution in [0.15, 0.2) is 53.4 Å². The molecule has 0 aromatic heterocycles. The summed E-state index contributed by atoms with van der Waals surface area (Å²) in [5, 5.41) is 4.19. The van der Waals surface area contributed by atoms with Gasteiger partial charge in [0.25, 0.3) is 0 Å². The van der Waals surface area contributed by atoms with Crippen LogP contribution >= 0.6 is 35.0 Å². The highest BCUT2D eigenvalue weighted by molar-refractivity contribution is 7.99. The molecule has 2 aromatic carbocycles. The molecule has 0 saturated heterocycles. The molecule has 0 heterocycles. The quantitative estimate of drug-likeness (QED) is 0.335. The molecule has 2 amide bonds. The molecular formula is C23H28Cl2N2O2S. The summed E-state index contributed by atoms with van der Waals surface area (Å²) in [6.45, 7) is 4.75. The van der Waals surface area contributed by atoms with Crippen LogP contribution in [0.3, 0.4) is 0 Å². The van der Waals surface area contributed by atoms with Gasteiger partial charge in [0.05, 0.1) is 0 Å². The summed E-state index contributed by atoms with van der Waals surface area (Å²) in [6, 6.07) is 14.4. The van der Waals surface area contributed by atoms with Crippen LogP contribution in [0.1, 0.15) is 38.7 Å². The minimum atomic E-state index is -0.578. The van der Waals surface area contributed by atoms with Gasteiger partial charge in [-0.05, 0) is 49.2 Å². The monoisotopic (exact) mass is 466 g/mol. The second-order valence-electron chi connectivity index (χ2n) is 6.99. The molecule has 0 unspecified atom stereocenters. The maximum absolute atomic E-state index is 13.0. The van der Waals surface area contributed by atoms with Crippen molar-refractivity contribution in [3.63, 3.8) is 0 Å². The molecule has 4 nitrogen and oxygen atoms in total. The molecule has 0 fully saturated rings. The van der Waals surface area contributed by atoms with Crippen LogP contribution in [0.4, 0.5) is 0 Å². The Balaban J connectivity index is 2.04. The Morgan fingerprint density at radius 3 is 2.47 bits per heavy atom. The summed E-state index contributed by atoms with van der Waals surface area (Å²) in [5.74, 6) is 0.396. The van der Waals surface area contributed by atoms with Gasteiger partial charge >= 0.3 is 0 Å². The fourth-order valence-corrected chi connectivity index (χ4v) is 4.02. The zero-order valence-electron chi connectivity index (χ0n) is 17.4. The molecule has 0 saturated carbocycles. The largest absolute Gasteiger partial charge is 0.354 e. The van der Waals surface area contributed by atoms with Crippen LogP contribution in [-0.2, 0) is 16.1 Å². The highest BCUT2D eigenvalue weighted by atomic mass is 35.5. The highest BCUT2D eigenvalue weighted by Gasteiger charge is 2.26. The van der Waals surface area contributed by atoms with Crippen LogP contribution in [-0.4, -0.2) is 35.1 Å². The highest BCUT2D eigenvalue weighted by Crippen LogP contribution is 2.23. The number of nitrogens with one attached hydrogen (secondary N) is 1. The molecule has 7 heteroatoms. The van der Waals surface area contributed by atoms with Crippen molar-refractivity contribution in [1.29, 1.82) is 0 Å². The third kappa shape index (κ3) is 7.86. The minimum Gasteiger partial charge on any atom is -0.354 e. The maximum atomic E-state index is 13.0. The van der Waals surface area contributed by atoms with Crippen molar-refractivity contribution in [3.05, 3.63) is 64.1 Å². The molecule has 1 N–H and O–H groups in total. The fourth-order valence-electron chi connectivity index (χ4n) is 2.86. The van der Waals surface area contributed by atoms with E-state index in [-0.39, 0.29) is 11.8 Å². The average Bonchev–Trinajstić information content (AvgIpc) is 2.74. The molecule has 0 bridgehead atoms. The number of hydrogen-bond acceptors (Lipinski definition) is 3. The van der Waals surface area contributed by atoms with Gasteiger partial charge in [0, 0.05) is 40.2 Å². The standard InChI is InChI=1S/C23H28Cl2N2O2S/c1-3-4-14-26-23(29)17(2)27(16-18-7-5-6-8-21(18)25)22(28)13-15-30-20-11-9-19(24)10-12-20/h5-12,17H,3-4,13-16H2,1-2H3,(H,26,29)/t17-/m1/s1. The molecule has 0 aliphatic heterocycles. The van der Waals surface area contributed by atoms with E-state index in [1.165, 1.54) is 0 Å². The second kappa shape index (κ2) is 12.9. The SMILES string of the molecule is CCCCNC(=O)[C@@H](C)N(Cc1ccccc1Cl)C(=O)CCSc1ccc(Cl)cc1. The molecule has 0 spiro atoms. The average molecular weight is 467 g/mol. The van der Waals surface area contributed by atoms with Crippen LogP contribution < -0.4 is 5.32 Å². The number of unbranched alkanes of at least 4 members (excludes halogenated alkanes) is 1. The van der Waals surface area contributed by atoms with E-state index in [1.54, 1.807) is 29.7 Å². The lowest BCUT2D eigenvalue weighted by Gasteiger charge is -2.29. The predicted octanol–water partition coefficient (Wildman–Crippen LogP) is 5.81. The van der Waals surface area contributed by atoms with E-state index in [1.807, 2.05) is 42.5 Å². The van der Waals surface area contributed by atoms with Crippen molar-refractivity contribution in [2.75, 3.05) is 12.3 Å². The summed E-state index contributed by atoms with van der Waals surface area (Å²) in [4.78, 5) is 28.3. The zero-order chi connectivity index (χ0) is 21.9.